The zero-order chi connectivity index (χ0) is 15.8. The minimum Gasteiger partial charge on any atom is -0.316 e. The number of aryl methyl sites for hydroxylation is 1. The number of nitrogens with zero attached hydrogens (tertiary/aromatic N) is 1. The zero-order valence-corrected chi connectivity index (χ0v) is 11.9. The van der Waals surface area contributed by atoms with Crippen molar-refractivity contribution in [2.75, 3.05) is 5.32 Å². The second-order valence-corrected chi connectivity index (χ2v) is 5.37. The van der Waals surface area contributed by atoms with Crippen molar-refractivity contribution in [1.29, 1.82) is 0 Å². The van der Waals surface area contributed by atoms with Crippen LogP contribution in [0.3, 0.4) is 0 Å². The van der Waals surface area contributed by atoms with Gasteiger partial charge in [0.15, 0.2) is 5.82 Å². The van der Waals surface area contributed by atoms with E-state index >= 15 is 0 Å². The number of nitrogens with one attached hydrogen (secondary N) is 2. The molecule has 2 N–H and O–H groups in total. The minimum absolute atomic E-state index is 0.109. The molecule has 1 amide bonds. The number of rotatable bonds is 2. The summed E-state index contributed by atoms with van der Waals surface area (Å²) >= 11 is 6.35. The number of aromatic nitrogens is 2. The Morgan fingerprint density at radius 1 is 1.48 bits per heavy atom. The first-order chi connectivity index (χ1) is 9.68. The molecule has 5 nitrogen and oxygen atoms in total. The van der Waals surface area contributed by atoms with Gasteiger partial charge in [0, 0.05) is 11.9 Å². The standard InChI is InChI=1S/C11H7ClF3N3O2S/c1-4-7(21-10(20)17-4)9(19)18-8-6(12)2-5(3-16-8)11(13,14)15/h2-3H,1H3,(H,17,20)(H,16,18,19). The maximum absolute atomic E-state index is 12.5. The Balaban J connectivity index is 2.26. The van der Waals surface area contributed by atoms with Crippen LogP contribution >= 0.6 is 22.9 Å². The maximum atomic E-state index is 12.5. The van der Waals surface area contributed by atoms with Gasteiger partial charge < -0.3 is 10.3 Å². The average molecular weight is 338 g/mol. The van der Waals surface area contributed by atoms with Gasteiger partial charge in [0.1, 0.15) is 4.88 Å². The number of amides is 1. The molecule has 2 rings (SSSR count). The summed E-state index contributed by atoms with van der Waals surface area (Å²) in [6, 6.07) is 0.663. The SMILES string of the molecule is Cc1[nH]c(=O)sc1C(=O)Nc1ncc(C(F)(F)F)cc1Cl. The number of hydrogen-bond donors (Lipinski definition) is 2. The molecule has 0 aromatic carbocycles. The monoisotopic (exact) mass is 337 g/mol. The van der Waals surface area contributed by atoms with Gasteiger partial charge in [-0.15, -0.1) is 0 Å². The molecule has 0 atom stereocenters. The summed E-state index contributed by atoms with van der Waals surface area (Å²) < 4.78 is 37.4. The van der Waals surface area contributed by atoms with Gasteiger partial charge in [-0.3, -0.25) is 9.59 Å². The van der Waals surface area contributed by atoms with E-state index in [0.29, 0.717) is 29.3 Å². The first kappa shape index (κ1) is 15.5. The highest BCUT2D eigenvalue weighted by Crippen LogP contribution is 2.32. The highest BCUT2D eigenvalue weighted by atomic mass is 35.5. The predicted molar refractivity (Wildman–Crippen MR) is 71.9 cm³/mol. The summed E-state index contributed by atoms with van der Waals surface area (Å²) in [4.78, 5) is 28.6. The molecule has 0 aliphatic heterocycles. The Bertz CT molecular complexity index is 754. The molecule has 0 radical (unpaired) electrons. The lowest BCUT2D eigenvalue weighted by molar-refractivity contribution is -0.137. The van der Waals surface area contributed by atoms with Gasteiger partial charge in [-0.1, -0.05) is 22.9 Å². The van der Waals surface area contributed by atoms with Gasteiger partial charge in [0.05, 0.1) is 10.6 Å². The van der Waals surface area contributed by atoms with Crippen molar-refractivity contribution in [2.45, 2.75) is 13.1 Å². The van der Waals surface area contributed by atoms with E-state index in [1.165, 1.54) is 6.92 Å². The highest BCUT2D eigenvalue weighted by Gasteiger charge is 2.31. The van der Waals surface area contributed by atoms with Crippen molar-refractivity contribution in [3.05, 3.63) is 43.1 Å². The second kappa shape index (κ2) is 5.49. The lowest BCUT2D eigenvalue weighted by Gasteiger charge is -2.09. The van der Waals surface area contributed by atoms with Crippen molar-refractivity contribution in [3.63, 3.8) is 0 Å². The van der Waals surface area contributed by atoms with Crippen molar-refractivity contribution in [3.8, 4) is 0 Å². The predicted octanol–water partition coefficient (Wildman–Crippen LogP) is 3.06. The van der Waals surface area contributed by atoms with E-state index in [9.17, 15) is 22.8 Å². The van der Waals surface area contributed by atoms with Crippen LogP contribution < -0.4 is 10.2 Å². The summed E-state index contributed by atoms with van der Waals surface area (Å²) in [5.74, 6) is -0.889. The van der Waals surface area contributed by atoms with E-state index in [4.69, 9.17) is 11.6 Å². The van der Waals surface area contributed by atoms with Gasteiger partial charge in [0.2, 0.25) is 0 Å². The molecule has 0 saturated heterocycles. The van der Waals surface area contributed by atoms with Crippen LogP contribution in [0.4, 0.5) is 19.0 Å². The summed E-state index contributed by atoms with van der Waals surface area (Å²) in [5, 5.41) is 1.91. The molecule has 0 bridgehead atoms. The molecule has 2 heterocycles. The van der Waals surface area contributed by atoms with E-state index in [2.05, 4.69) is 15.3 Å². The molecule has 0 aliphatic rings. The van der Waals surface area contributed by atoms with Crippen LogP contribution in [0.2, 0.25) is 5.02 Å². The third-order valence-corrected chi connectivity index (χ3v) is 3.70. The van der Waals surface area contributed by atoms with Crippen molar-refractivity contribution in [2.24, 2.45) is 0 Å². The minimum atomic E-state index is -4.57. The molecule has 2 aromatic rings. The molecule has 21 heavy (non-hydrogen) atoms. The van der Waals surface area contributed by atoms with Crippen molar-refractivity contribution in [1.82, 2.24) is 9.97 Å². The number of anilines is 1. The van der Waals surface area contributed by atoms with Crippen LogP contribution in [0.25, 0.3) is 0 Å². The van der Waals surface area contributed by atoms with Gasteiger partial charge in [-0.25, -0.2) is 4.98 Å². The molecule has 0 unspecified atom stereocenters. The van der Waals surface area contributed by atoms with Gasteiger partial charge >= 0.3 is 11.0 Å². The zero-order valence-electron chi connectivity index (χ0n) is 10.3. The lowest BCUT2D eigenvalue weighted by Crippen LogP contribution is -2.14. The Hall–Kier alpha value is -1.87. The molecule has 0 fully saturated rings. The quantitative estimate of drug-likeness (QED) is 0.884. The first-order valence-electron chi connectivity index (χ1n) is 5.42. The molecule has 0 saturated carbocycles. The Kier molecular flexibility index (Phi) is 4.06. The number of pyridine rings is 1. The van der Waals surface area contributed by atoms with E-state index in [-0.39, 0.29) is 15.7 Å². The third kappa shape index (κ3) is 3.42. The Morgan fingerprint density at radius 2 is 2.14 bits per heavy atom. The second-order valence-electron chi connectivity index (χ2n) is 3.97. The molecular weight excluding hydrogens is 331 g/mol. The number of carbonyl (C=O) groups is 1. The molecule has 0 spiro atoms. The summed E-state index contributed by atoms with van der Waals surface area (Å²) in [5.41, 5.74) is -0.668. The van der Waals surface area contributed by atoms with Crippen LogP contribution in [0.5, 0.6) is 0 Å². The van der Waals surface area contributed by atoms with E-state index in [1.807, 2.05) is 0 Å². The van der Waals surface area contributed by atoms with Crippen LogP contribution in [-0.4, -0.2) is 15.9 Å². The van der Waals surface area contributed by atoms with Gasteiger partial charge in [-0.05, 0) is 13.0 Å². The van der Waals surface area contributed by atoms with Gasteiger partial charge in [-0.2, -0.15) is 13.2 Å². The van der Waals surface area contributed by atoms with Crippen LogP contribution in [0.1, 0.15) is 20.9 Å². The number of thiazole rings is 1. The number of alkyl halides is 3. The van der Waals surface area contributed by atoms with E-state index in [1.54, 1.807) is 0 Å². The molecule has 10 heteroatoms. The average Bonchev–Trinajstić information content (AvgIpc) is 2.69. The van der Waals surface area contributed by atoms with E-state index < -0.39 is 22.5 Å². The number of H-pyrrole nitrogens is 1. The fourth-order valence-electron chi connectivity index (χ4n) is 1.47. The first-order valence-corrected chi connectivity index (χ1v) is 6.61. The number of halogens is 4. The Morgan fingerprint density at radius 3 is 2.62 bits per heavy atom. The lowest BCUT2D eigenvalue weighted by atomic mass is 10.2. The number of carbonyl (C=O) groups excluding carboxylic acids is 1. The number of hydrogen-bond acceptors (Lipinski definition) is 4. The largest absolute Gasteiger partial charge is 0.417 e. The maximum Gasteiger partial charge on any atom is 0.417 e. The van der Waals surface area contributed by atoms with Crippen LogP contribution in [-0.2, 0) is 6.18 Å². The Labute approximate surface area is 124 Å². The fourth-order valence-corrected chi connectivity index (χ4v) is 2.42. The van der Waals surface area contributed by atoms with Crippen molar-refractivity contribution < 1.29 is 18.0 Å². The topological polar surface area (TPSA) is 74.8 Å². The highest BCUT2D eigenvalue weighted by molar-refractivity contribution is 7.11. The van der Waals surface area contributed by atoms with Crippen LogP contribution in [0, 0.1) is 6.92 Å². The summed E-state index contributed by atoms with van der Waals surface area (Å²) in [6.07, 6.45) is -4.01. The normalized spacial score (nSPS) is 11.5. The van der Waals surface area contributed by atoms with Crippen LogP contribution in [0.15, 0.2) is 17.1 Å². The third-order valence-electron chi connectivity index (χ3n) is 2.43. The molecule has 112 valence electrons. The fraction of sp³-hybridized carbons (Fsp3) is 0.182. The smallest absolute Gasteiger partial charge is 0.316 e. The molecular formula is C11H7ClF3N3O2S. The summed E-state index contributed by atoms with van der Waals surface area (Å²) in [7, 11) is 0. The molecule has 2 aromatic heterocycles. The van der Waals surface area contributed by atoms with Crippen molar-refractivity contribution >= 4 is 34.7 Å². The number of aromatic amines is 1. The molecule has 0 aliphatic carbocycles. The summed E-state index contributed by atoms with van der Waals surface area (Å²) in [6.45, 7) is 1.52. The van der Waals surface area contributed by atoms with E-state index in [0.717, 1.165) is 0 Å². The van der Waals surface area contributed by atoms with Gasteiger partial charge in [0.25, 0.3) is 5.91 Å².